The summed E-state index contributed by atoms with van der Waals surface area (Å²) < 4.78 is 35.1. The molecule has 9 heteroatoms. The van der Waals surface area contributed by atoms with E-state index in [-0.39, 0.29) is 25.8 Å². The van der Waals surface area contributed by atoms with Gasteiger partial charge in [0.05, 0.1) is 34.4 Å². The van der Waals surface area contributed by atoms with Crippen LogP contribution in [0.15, 0.2) is 60.8 Å². The van der Waals surface area contributed by atoms with E-state index in [9.17, 15) is 14.3 Å². The average molecular weight is 865 g/mol. The van der Waals surface area contributed by atoms with Crippen molar-refractivity contribution in [1.29, 1.82) is 0 Å². The number of phosphoric acid groups is 1. The highest BCUT2D eigenvalue weighted by Crippen LogP contribution is 2.43. The van der Waals surface area contributed by atoms with Crippen molar-refractivity contribution in [3.8, 4) is 0 Å². The smallest absolute Gasteiger partial charge is 0.457 e. The number of esters is 1. The van der Waals surface area contributed by atoms with E-state index in [4.69, 9.17) is 18.5 Å². The molecule has 0 aromatic carbocycles. The fraction of sp³-hybridized carbons (Fsp3) is 0.784. The molecule has 0 bridgehead atoms. The van der Waals surface area contributed by atoms with Crippen LogP contribution in [0.1, 0.15) is 200 Å². The lowest BCUT2D eigenvalue weighted by atomic mass is 10.1. The van der Waals surface area contributed by atoms with Crippen molar-refractivity contribution in [2.75, 3.05) is 54.1 Å². The van der Waals surface area contributed by atoms with Gasteiger partial charge >= 0.3 is 13.8 Å². The van der Waals surface area contributed by atoms with Crippen LogP contribution in [-0.4, -0.2) is 75.6 Å². The molecule has 0 spiro atoms. The molecule has 2 unspecified atom stereocenters. The zero-order valence-corrected chi connectivity index (χ0v) is 40.6. The van der Waals surface area contributed by atoms with Gasteiger partial charge in [-0.15, -0.1) is 0 Å². The van der Waals surface area contributed by atoms with Crippen LogP contribution >= 0.6 is 7.82 Å². The maximum atomic E-state index is 12.7. The van der Waals surface area contributed by atoms with E-state index in [0.717, 1.165) is 70.6 Å². The molecule has 0 aliphatic carbocycles. The van der Waals surface area contributed by atoms with Crippen LogP contribution in [-0.2, 0) is 27.9 Å². The van der Waals surface area contributed by atoms with Crippen molar-refractivity contribution in [2.45, 2.75) is 206 Å². The predicted octanol–water partition coefficient (Wildman–Crippen LogP) is 14.9. The highest BCUT2D eigenvalue weighted by Gasteiger charge is 2.26. The highest BCUT2D eigenvalue weighted by molar-refractivity contribution is 7.47. The van der Waals surface area contributed by atoms with E-state index in [2.05, 4.69) is 74.6 Å². The second-order valence-corrected chi connectivity index (χ2v) is 18.9. The molecule has 0 saturated carbocycles. The number of unbranched alkanes of at least 4 members (excludes halogenated alkanes) is 21. The fourth-order valence-electron chi connectivity index (χ4n) is 6.54. The first-order valence-electron chi connectivity index (χ1n) is 24.5. The minimum absolute atomic E-state index is 0.0838. The second-order valence-electron chi connectivity index (χ2n) is 17.5. The van der Waals surface area contributed by atoms with Gasteiger partial charge in [0.25, 0.3) is 0 Å². The molecule has 0 aliphatic heterocycles. The minimum Gasteiger partial charge on any atom is -0.457 e. The molecule has 0 radical (unpaired) electrons. The third kappa shape index (κ3) is 47.3. The Balaban J connectivity index is 4.18. The molecule has 0 aromatic heterocycles. The predicted molar refractivity (Wildman–Crippen MR) is 256 cm³/mol. The SMILES string of the molecule is CC/C=C\C/C=C\C/C=C\C/C=C\CCCCCCCCCCCOCC(COP(=O)(O)OCC[N+](C)(C)C)OC(=O)CCCCCCC/C=C\CCCCCCCCC. The van der Waals surface area contributed by atoms with Gasteiger partial charge < -0.3 is 18.9 Å². The molecular weight excluding hydrogens is 770 g/mol. The maximum Gasteiger partial charge on any atom is 0.472 e. The Bertz CT molecular complexity index is 1140. The van der Waals surface area contributed by atoms with Crippen LogP contribution in [0.5, 0.6) is 0 Å². The van der Waals surface area contributed by atoms with Crippen LogP contribution in [0.4, 0.5) is 0 Å². The van der Waals surface area contributed by atoms with E-state index in [1.165, 1.54) is 109 Å². The molecule has 0 aliphatic rings. The molecule has 0 aromatic rings. The molecule has 8 nitrogen and oxygen atoms in total. The summed E-state index contributed by atoms with van der Waals surface area (Å²) in [6.45, 7) is 5.49. The van der Waals surface area contributed by atoms with Crippen LogP contribution in [0.2, 0.25) is 0 Å². The van der Waals surface area contributed by atoms with Gasteiger partial charge in [-0.25, -0.2) is 4.57 Å². The third-order valence-corrected chi connectivity index (χ3v) is 11.3. The summed E-state index contributed by atoms with van der Waals surface area (Å²) in [6, 6.07) is 0. The number of allylic oxidation sites excluding steroid dienone is 10. The normalized spacial score (nSPS) is 14.2. The summed E-state index contributed by atoms with van der Waals surface area (Å²) in [5.74, 6) is -0.325. The van der Waals surface area contributed by atoms with Crippen LogP contribution in [0.25, 0.3) is 0 Å². The number of carbonyl (C=O) groups is 1. The molecule has 0 saturated heterocycles. The van der Waals surface area contributed by atoms with Gasteiger partial charge in [0.2, 0.25) is 0 Å². The lowest BCUT2D eigenvalue weighted by Gasteiger charge is -2.24. The number of ether oxygens (including phenoxy) is 2. The molecule has 0 heterocycles. The number of quaternary nitrogens is 1. The van der Waals surface area contributed by atoms with Crippen LogP contribution < -0.4 is 0 Å². The summed E-state index contributed by atoms with van der Waals surface area (Å²) in [6.07, 6.45) is 55.4. The number of rotatable bonds is 45. The fourth-order valence-corrected chi connectivity index (χ4v) is 7.28. The summed E-state index contributed by atoms with van der Waals surface area (Å²) in [5, 5.41) is 0. The van der Waals surface area contributed by atoms with E-state index in [1.807, 2.05) is 21.1 Å². The van der Waals surface area contributed by atoms with Crippen molar-refractivity contribution in [3.63, 3.8) is 0 Å². The van der Waals surface area contributed by atoms with Gasteiger partial charge in [0.1, 0.15) is 19.3 Å². The van der Waals surface area contributed by atoms with E-state index in [0.29, 0.717) is 24.1 Å². The standard InChI is InChI=1S/C51H94NO7P/c1-6-8-10-12-14-16-18-20-22-24-25-26-27-28-29-31-33-35-37-39-41-43-46-56-48-50(49-58-60(54,55)57-47-45-52(3,4)5)59-51(53)44-42-40-38-36-34-32-30-23-21-19-17-15-13-11-9-7-2/h8,10,14,16,20,22-23,25-26,30,50H,6-7,9,11-13,15,17-19,21,24,27-29,31-49H2,1-5H3/p+1/b10-8-,16-14-,22-20-,26-25-,30-23-. The monoisotopic (exact) mass is 865 g/mol. The Morgan fingerprint density at radius 2 is 0.967 bits per heavy atom. The van der Waals surface area contributed by atoms with E-state index >= 15 is 0 Å². The Labute approximate surface area is 370 Å². The van der Waals surface area contributed by atoms with Gasteiger partial charge in [0, 0.05) is 13.0 Å². The topological polar surface area (TPSA) is 91.3 Å². The summed E-state index contributed by atoms with van der Waals surface area (Å²) in [4.78, 5) is 23.0. The van der Waals surface area contributed by atoms with Gasteiger partial charge in [-0.05, 0) is 77.0 Å². The van der Waals surface area contributed by atoms with Gasteiger partial charge in [0.15, 0.2) is 0 Å². The van der Waals surface area contributed by atoms with Crippen LogP contribution in [0.3, 0.4) is 0 Å². The Morgan fingerprint density at radius 3 is 1.47 bits per heavy atom. The Kier molecular flexibility index (Phi) is 42.5. The number of carbonyl (C=O) groups excluding carboxylic acids is 1. The number of likely N-dealkylation sites (N-methyl/N-ethyl adjacent to an activating group) is 1. The molecule has 2 atom stereocenters. The molecule has 0 fully saturated rings. The second kappa shape index (κ2) is 43.8. The molecule has 0 rings (SSSR count). The largest absolute Gasteiger partial charge is 0.472 e. The van der Waals surface area contributed by atoms with Crippen LogP contribution in [0, 0.1) is 0 Å². The first-order valence-corrected chi connectivity index (χ1v) is 26.0. The zero-order valence-electron chi connectivity index (χ0n) is 39.7. The summed E-state index contributed by atoms with van der Waals surface area (Å²) >= 11 is 0. The Hall–Kier alpha value is -1.80. The molecule has 1 N–H and O–H groups in total. The highest BCUT2D eigenvalue weighted by atomic mass is 31.2. The first-order chi connectivity index (χ1) is 29.1. The van der Waals surface area contributed by atoms with Crippen molar-refractivity contribution >= 4 is 13.8 Å². The molecule has 60 heavy (non-hydrogen) atoms. The number of hydrogen-bond donors (Lipinski definition) is 1. The van der Waals surface area contributed by atoms with Gasteiger partial charge in [-0.1, -0.05) is 177 Å². The van der Waals surface area contributed by atoms with E-state index in [1.54, 1.807) is 0 Å². The van der Waals surface area contributed by atoms with Gasteiger partial charge in [-0.3, -0.25) is 13.8 Å². The van der Waals surface area contributed by atoms with E-state index < -0.39 is 13.9 Å². The summed E-state index contributed by atoms with van der Waals surface area (Å²) in [7, 11) is 1.65. The Morgan fingerprint density at radius 1 is 0.533 bits per heavy atom. The lowest BCUT2D eigenvalue weighted by molar-refractivity contribution is -0.870. The van der Waals surface area contributed by atoms with Crippen molar-refractivity contribution < 1.29 is 37.3 Å². The number of nitrogens with zero attached hydrogens (tertiary/aromatic N) is 1. The number of hydrogen-bond acceptors (Lipinski definition) is 6. The minimum atomic E-state index is -4.28. The summed E-state index contributed by atoms with van der Waals surface area (Å²) in [5.41, 5.74) is 0. The quantitative estimate of drug-likeness (QED) is 0.0214. The molecule has 350 valence electrons. The van der Waals surface area contributed by atoms with Gasteiger partial charge in [-0.2, -0.15) is 0 Å². The molecule has 0 amide bonds. The average Bonchev–Trinajstić information content (AvgIpc) is 3.20. The lowest BCUT2D eigenvalue weighted by Crippen LogP contribution is -2.37. The first kappa shape index (κ1) is 58.2. The van der Waals surface area contributed by atoms with Crippen molar-refractivity contribution in [2.24, 2.45) is 0 Å². The molecular formula is C51H95NO7P+. The zero-order chi connectivity index (χ0) is 44.1. The van der Waals surface area contributed by atoms with Crippen molar-refractivity contribution in [1.82, 2.24) is 0 Å². The number of phosphoric ester groups is 1. The van der Waals surface area contributed by atoms with Crippen molar-refractivity contribution in [3.05, 3.63) is 60.8 Å². The third-order valence-electron chi connectivity index (χ3n) is 10.3. The maximum absolute atomic E-state index is 12.7.